The second-order valence-corrected chi connectivity index (χ2v) is 7.12. The van der Waals surface area contributed by atoms with Crippen molar-refractivity contribution in [2.45, 2.75) is 6.42 Å². The summed E-state index contributed by atoms with van der Waals surface area (Å²) in [6.45, 7) is 2.38. The number of amides is 1. The van der Waals surface area contributed by atoms with Crippen molar-refractivity contribution in [3.63, 3.8) is 0 Å². The molecule has 4 rings (SSSR count). The van der Waals surface area contributed by atoms with E-state index < -0.39 is 5.82 Å². The molecule has 8 heteroatoms. The summed E-state index contributed by atoms with van der Waals surface area (Å²) < 4.78 is 18.4. The van der Waals surface area contributed by atoms with E-state index in [1.54, 1.807) is 18.5 Å². The molecular formula is C20H22FN5O2. The van der Waals surface area contributed by atoms with Gasteiger partial charge in [0.05, 0.1) is 13.3 Å². The van der Waals surface area contributed by atoms with Crippen molar-refractivity contribution in [1.82, 2.24) is 20.3 Å². The van der Waals surface area contributed by atoms with Gasteiger partial charge < -0.3 is 15.0 Å². The zero-order chi connectivity index (χ0) is 19.5. The zero-order valence-electron chi connectivity index (χ0n) is 15.6. The maximum Gasteiger partial charge on any atom is 0.255 e. The van der Waals surface area contributed by atoms with E-state index in [4.69, 9.17) is 4.74 Å². The van der Waals surface area contributed by atoms with Crippen molar-refractivity contribution < 1.29 is 13.9 Å². The second-order valence-electron chi connectivity index (χ2n) is 7.12. The fourth-order valence-corrected chi connectivity index (χ4v) is 3.95. The first-order valence-electron chi connectivity index (χ1n) is 9.33. The van der Waals surface area contributed by atoms with E-state index in [0.717, 1.165) is 31.3 Å². The standard InChI is InChI=1S/C20H22FN5O2/c1-28-19-17(21)10-24-20(25-19)26-11-15-14(16(15)12-26)6-8-23-18(27)5-4-13-3-2-7-22-9-13/h2-5,7,9-10,14-16H,6,8,11-12H2,1H3,(H,23,27)/b5-4+. The predicted molar refractivity (Wildman–Crippen MR) is 102 cm³/mol. The molecule has 7 nitrogen and oxygen atoms in total. The molecule has 1 N–H and O–H groups in total. The smallest absolute Gasteiger partial charge is 0.255 e. The molecule has 28 heavy (non-hydrogen) atoms. The van der Waals surface area contributed by atoms with Crippen LogP contribution < -0.4 is 15.0 Å². The van der Waals surface area contributed by atoms with Crippen LogP contribution in [0.5, 0.6) is 5.88 Å². The van der Waals surface area contributed by atoms with Gasteiger partial charge in [0.15, 0.2) is 0 Å². The van der Waals surface area contributed by atoms with Gasteiger partial charge in [-0.1, -0.05) is 6.07 Å². The number of hydrogen-bond donors (Lipinski definition) is 1. The van der Waals surface area contributed by atoms with Crippen LogP contribution in [0.3, 0.4) is 0 Å². The molecule has 146 valence electrons. The monoisotopic (exact) mass is 383 g/mol. The van der Waals surface area contributed by atoms with E-state index in [-0.39, 0.29) is 11.8 Å². The van der Waals surface area contributed by atoms with E-state index in [1.165, 1.54) is 13.2 Å². The topological polar surface area (TPSA) is 80.2 Å². The van der Waals surface area contributed by atoms with Crippen LogP contribution in [0.25, 0.3) is 6.08 Å². The van der Waals surface area contributed by atoms with Crippen LogP contribution in [0.1, 0.15) is 12.0 Å². The van der Waals surface area contributed by atoms with Crippen LogP contribution >= 0.6 is 0 Å². The third-order valence-electron chi connectivity index (χ3n) is 5.44. The number of nitrogens with one attached hydrogen (secondary N) is 1. The van der Waals surface area contributed by atoms with E-state index in [2.05, 4.69) is 25.2 Å². The number of fused-ring (bicyclic) bond motifs is 1. The van der Waals surface area contributed by atoms with Crippen molar-refractivity contribution in [2.24, 2.45) is 17.8 Å². The molecular weight excluding hydrogens is 361 g/mol. The highest BCUT2D eigenvalue weighted by atomic mass is 19.1. The van der Waals surface area contributed by atoms with Crippen molar-refractivity contribution in [2.75, 3.05) is 31.6 Å². The fraction of sp³-hybridized carbons (Fsp3) is 0.400. The third-order valence-corrected chi connectivity index (χ3v) is 5.44. The van der Waals surface area contributed by atoms with Gasteiger partial charge in [-0.3, -0.25) is 9.78 Å². The first-order chi connectivity index (χ1) is 13.7. The van der Waals surface area contributed by atoms with Crippen LogP contribution in [-0.2, 0) is 4.79 Å². The summed E-state index contributed by atoms with van der Waals surface area (Å²) in [6.07, 6.45) is 8.81. The fourth-order valence-electron chi connectivity index (χ4n) is 3.95. The normalized spacial score (nSPS) is 22.9. The Kier molecular flexibility index (Phi) is 5.18. The number of aromatic nitrogens is 3. The Balaban J connectivity index is 1.20. The number of piperidine rings is 1. The Bertz CT molecular complexity index is 864. The highest BCUT2D eigenvalue weighted by Crippen LogP contribution is 2.53. The van der Waals surface area contributed by atoms with Crippen molar-refractivity contribution in [3.8, 4) is 5.88 Å². The van der Waals surface area contributed by atoms with Crippen LogP contribution in [-0.4, -0.2) is 47.6 Å². The summed E-state index contributed by atoms with van der Waals surface area (Å²) in [5.74, 6) is 1.62. The van der Waals surface area contributed by atoms with E-state index >= 15 is 0 Å². The number of carbonyl (C=O) groups is 1. The quantitative estimate of drug-likeness (QED) is 0.736. The molecule has 1 aliphatic carbocycles. The lowest BCUT2D eigenvalue weighted by atomic mass is 10.2. The number of rotatable bonds is 7. The maximum atomic E-state index is 13.4. The Hall–Kier alpha value is -3.03. The number of methoxy groups -OCH3 is 1. The summed E-state index contributed by atoms with van der Waals surface area (Å²) in [7, 11) is 1.40. The Morgan fingerprint density at radius 2 is 2.21 bits per heavy atom. The second kappa shape index (κ2) is 7.92. The molecule has 0 aromatic carbocycles. The van der Waals surface area contributed by atoms with Crippen LogP contribution in [0, 0.1) is 23.6 Å². The lowest BCUT2D eigenvalue weighted by Gasteiger charge is -2.20. The molecule has 2 aromatic rings. The largest absolute Gasteiger partial charge is 0.479 e. The van der Waals surface area contributed by atoms with Gasteiger partial charge in [0.1, 0.15) is 0 Å². The molecule has 2 aromatic heterocycles. The summed E-state index contributed by atoms with van der Waals surface area (Å²) in [5.41, 5.74) is 0.897. The maximum absolute atomic E-state index is 13.4. The average Bonchev–Trinajstić information content (AvgIpc) is 3.16. The SMILES string of the molecule is COc1nc(N2CC3C(CCNC(=O)/C=C/c4cccnc4)C3C2)ncc1F. The number of halogens is 1. The minimum Gasteiger partial charge on any atom is -0.479 e. The Labute approximate surface area is 162 Å². The Morgan fingerprint density at radius 3 is 2.93 bits per heavy atom. The summed E-state index contributed by atoms with van der Waals surface area (Å²) in [6, 6.07) is 3.73. The minimum absolute atomic E-state index is 0.0239. The van der Waals surface area contributed by atoms with Crippen LogP contribution in [0.2, 0.25) is 0 Å². The van der Waals surface area contributed by atoms with Gasteiger partial charge in [-0.05, 0) is 41.9 Å². The first kappa shape index (κ1) is 18.3. The number of hydrogen-bond acceptors (Lipinski definition) is 6. The molecule has 1 saturated heterocycles. The van der Waals surface area contributed by atoms with Crippen molar-refractivity contribution in [3.05, 3.63) is 48.2 Å². The number of carbonyl (C=O) groups excluding carboxylic acids is 1. The first-order valence-corrected chi connectivity index (χ1v) is 9.33. The van der Waals surface area contributed by atoms with Gasteiger partial charge in [0, 0.05) is 38.1 Å². The number of anilines is 1. The molecule has 1 aliphatic heterocycles. The molecule has 2 unspecified atom stereocenters. The number of ether oxygens (including phenoxy) is 1. The molecule has 1 amide bonds. The number of nitrogens with zero attached hydrogens (tertiary/aromatic N) is 4. The van der Waals surface area contributed by atoms with Crippen LogP contribution in [0.15, 0.2) is 36.8 Å². The third kappa shape index (κ3) is 3.95. The highest BCUT2D eigenvalue weighted by Gasteiger charge is 2.55. The summed E-state index contributed by atoms with van der Waals surface area (Å²) in [4.78, 5) is 26.2. The lowest BCUT2D eigenvalue weighted by molar-refractivity contribution is -0.116. The van der Waals surface area contributed by atoms with Gasteiger partial charge in [-0.15, -0.1) is 0 Å². The number of pyridine rings is 1. The van der Waals surface area contributed by atoms with Gasteiger partial charge in [0.2, 0.25) is 17.7 Å². The molecule has 2 fully saturated rings. The minimum atomic E-state index is -0.554. The predicted octanol–water partition coefficient (Wildman–Crippen LogP) is 1.92. The van der Waals surface area contributed by atoms with Crippen molar-refractivity contribution >= 4 is 17.9 Å². The average molecular weight is 383 g/mol. The molecule has 0 bridgehead atoms. The zero-order valence-corrected chi connectivity index (χ0v) is 15.6. The van der Waals surface area contributed by atoms with Crippen LogP contribution in [0.4, 0.5) is 10.3 Å². The van der Waals surface area contributed by atoms with E-state index in [0.29, 0.717) is 30.2 Å². The highest BCUT2D eigenvalue weighted by molar-refractivity contribution is 5.91. The van der Waals surface area contributed by atoms with Crippen molar-refractivity contribution in [1.29, 1.82) is 0 Å². The molecule has 2 aliphatic rings. The molecule has 3 heterocycles. The summed E-state index contributed by atoms with van der Waals surface area (Å²) >= 11 is 0. The van der Waals surface area contributed by atoms with E-state index in [9.17, 15) is 9.18 Å². The van der Waals surface area contributed by atoms with E-state index in [1.807, 2.05) is 12.1 Å². The molecule has 0 radical (unpaired) electrons. The van der Waals surface area contributed by atoms with Gasteiger partial charge in [0.25, 0.3) is 5.88 Å². The molecule has 0 spiro atoms. The van der Waals surface area contributed by atoms with Gasteiger partial charge in [-0.25, -0.2) is 4.98 Å². The molecule has 2 atom stereocenters. The molecule has 1 saturated carbocycles. The summed E-state index contributed by atoms with van der Waals surface area (Å²) in [5, 5.41) is 2.94. The Morgan fingerprint density at radius 1 is 1.39 bits per heavy atom. The lowest BCUT2D eigenvalue weighted by Crippen LogP contribution is -2.28. The van der Waals surface area contributed by atoms with Gasteiger partial charge >= 0.3 is 0 Å². The van der Waals surface area contributed by atoms with Gasteiger partial charge in [-0.2, -0.15) is 9.37 Å².